The van der Waals surface area contributed by atoms with Gasteiger partial charge in [-0.2, -0.15) is 0 Å². The van der Waals surface area contributed by atoms with E-state index in [9.17, 15) is 4.79 Å². The number of thiocarbonyl (C=S) groups is 1. The Balaban J connectivity index is 1.45. The van der Waals surface area contributed by atoms with E-state index in [1.807, 2.05) is 78.9 Å². The van der Waals surface area contributed by atoms with Crippen LogP contribution in [-0.2, 0) is 11.2 Å². The number of hydrogen-bond donors (Lipinski definition) is 0. The van der Waals surface area contributed by atoms with Gasteiger partial charge >= 0.3 is 0 Å². The molecule has 36 heavy (non-hydrogen) atoms. The molecule has 3 aromatic carbocycles. The van der Waals surface area contributed by atoms with Crippen molar-refractivity contribution in [1.29, 1.82) is 0 Å². The summed E-state index contributed by atoms with van der Waals surface area (Å²) in [5, 5.41) is 0. The molecule has 0 bridgehead atoms. The number of amides is 1. The number of nitrogens with zero attached hydrogens (tertiary/aromatic N) is 1. The van der Waals surface area contributed by atoms with Crippen LogP contribution < -0.4 is 19.1 Å². The first-order valence-corrected chi connectivity index (χ1v) is 13.5. The zero-order valence-corrected chi connectivity index (χ0v) is 23.4. The number of carbonyl (C=O) groups is 1. The van der Waals surface area contributed by atoms with E-state index < -0.39 is 0 Å². The lowest BCUT2D eigenvalue weighted by Gasteiger charge is -2.15. The summed E-state index contributed by atoms with van der Waals surface area (Å²) >= 11 is 8.97. The number of para-hydroxylation sites is 2. The monoisotopic (exact) mass is 629 g/mol. The Labute approximate surface area is 234 Å². The van der Waals surface area contributed by atoms with Crippen molar-refractivity contribution in [3.05, 3.63) is 99.0 Å². The second-order valence-electron chi connectivity index (χ2n) is 7.68. The number of ether oxygens (including phenoxy) is 3. The Morgan fingerprint density at radius 1 is 1.03 bits per heavy atom. The van der Waals surface area contributed by atoms with E-state index in [0.29, 0.717) is 33.9 Å². The zero-order chi connectivity index (χ0) is 25.5. The molecule has 3 aromatic rings. The van der Waals surface area contributed by atoms with Gasteiger partial charge in [-0.1, -0.05) is 66.5 Å². The third-order valence-electron chi connectivity index (χ3n) is 5.28. The predicted octanol–water partition coefficient (Wildman–Crippen LogP) is 6.89. The normalized spacial score (nSPS) is 14.3. The van der Waals surface area contributed by atoms with E-state index >= 15 is 0 Å². The van der Waals surface area contributed by atoms with Crippen LogP contribution in [0.1, 0.15) is 11.1 Å². The number of benzene rings is 3. The number of methoxy groups -OCH3 is 1. The summed E-state index contributed by atoms with van der Waals surface area (Å²) in [7, 11) is 1.60. The molecule has 0 saturated carbocycles. The number of halogens is 1. The van der Waals surface area contributed by atoms with Gasteiger partial charge in [-0.05, 0) is 76.5 Å². The highest BCUT2D eigenvalue weighted by molar-refractivity contribution is 14.1. The van der Waals surface area contributed by atoms with Crippen molar-refractivity contribution in [2.75, 3.05) is 25.2 Å². The van der Waals surface area contributed by atoms with Crippen LogP contribution in [-0.4, -0.2) is 30.6 Å². The smallest absolute Gasteiger partial charge is 0.270 e. The second-order valence-corrected chi connectivity index (χ2v) is 10.5. The van der Waals surface area contributed by atoms with Gasteiger partial charge in [0.15, 0.2) is 15.8 Å². The van der Waals surface area contributed by atoms with Crippen LogP contribution in [0, 0.1) is 3.57 Å². The standard InChI is InChI=1S/C28H24INO4S2/c1-3-9-20-10-7-8-13-23(20)33-14-15-34-26-22(29)16-19(17-24(26)32-2)18-25-27(31)30(28(35)36-25)21-11-5-4-6-12-21/h3-8,10-13,16-18H,1,9,14-15H2,2H3. The third kappa shape index (κ3) is 6.11. The maximum Gasteiger partial charge on any atom is 0.270 e. The molecular weight excluding hydrogens is 605 g/mol. The first-order valence-electron chi connectivity index (χ1n) is 11.2. The highest BCUT2D eigenvalue weighted by Gasteiger charge is 2.33. The van der Waals surface area contributed by atoms with Crippen LogP contribution >= 0.6 is 46.6 Å². The molecule has 0 aromatic heterocycles. The molecule has 0 aliphatic carbocycles. The predicted molar refractivity (Wildman–Crippen MR) is 159 cm³/mol. The van der Waals surface area contributed by atoms with Gasteiger partial charge in [-0.25, -0.2) is 0 Å². The molecule has 1 fully saturated rings. The summed E-state index contributed by atoms with van der Waals surface area (Å²) in [5.41, 5.74) is 2.67. The van der Waals surface area contributed by atoms with Gasteiger partial charge in [0, 0.05) is 0 Å². The van der Waals surface area contributed by atoms with Crippen molar-refractivity contribution in [3.63, 3.8) is 0 Å². The molecule has 1 aliphatic rings. The first-order chi connectivity index (χ1) is 17.5. The van der Waals surface area contributed by atoms with E-state index in [0.717, 1.165) is 32.6 Å². The first kappa shape index (κ1) is 26.2. The van der Waals surface area contributed by atoms with Crippen molar-refractivity contribution in [2.45, 2.75) is 6.42 Å². The van der Waals surface area contributed by atoms with Crippen LogP contribution in [0.3, 0.4) is 0 Å². The maximum absolute atomic E-state index is 13.1. The van der Waals surface area contributed by atoms with E-state index in [4.69, 9.17) is 26.4 Å². The lowest BCUT2D eigenvalue weighted by atomic mass is 10.1. The Bertz CT molecular complexity index is 1310. The van der Waals surface area contributed by atoms with E-state index in [1.54, 1.807) is 12.0 Å². The van der Waals surface area contributed by atoms with E-state index in [-0.39, 0.29) is 5.91 Å². The minimum atomic E-state index is -0.139. The largest absolute Gasteiger partial charge is 0.493 e. The van der Waals surface area contributed by atoms with Crippen LogP contribution in [0.2, 0.25) is 0 Å². The van der Waals surface area contributed by atoms with Gasteiger partial charge in [-0.15, -0.1) is 6.58 Å². The minimum Gasteiger partial charge on any atom is -0.493 e. The molecule has 0 spiro atoms. The second kappa shape index (κ2) is 12.4. The van der Waals surface area contributed by atoms with Gasteiger partial charge in [0.1, 0.15) is 19.0 Å². The minimum absolute atomic E-state index is 0.139. The Hall–Kier alpha value is -2.82. The molecule has 8 heteroatoms. The fourth-order valence-corrected chi connectivity index (χ4v) is 5.73. The Morgan fingerprint density at radius 2 is 1.75 bits per heavy atom. The van der Waals surface area contributed by atoms with E-state index in [2.05, 4.69) is 29.2 Å². The molecule has 0 N–H and O–H groups in total. The van der Waals surface area contributed by atoms with E-state index in [1.165, 1.54) is 11.8 Å². The molecule has 5 nitrogen and oxygen atoms in total. The van der Waals surface area contributed by atoms with Crippen LogP contribution in [0.15, 0.2) is 84.3 Å². The summed E-state index contributed by atoms with van der Waals surface area (Å²) in [6.45, 7) is 4.54. The summed E-state index contributed by atoms with van der Waals surface area (Å²) in [5.74, 6) is 1.90. The molecule has 1 amide bonds. The molecule has 0 radical (unpaired) electrons. The molecule has 1 heterocycles. The fraction of sp³-hybridized carbons (Fsp3) is 0.143. The molecule has 4 rings (SSSR count). The van der Waals surface area contributed by atoms with Crippen molar-refractivity contribution < 1.29 is 19.0 Å². The topological polar surface area (TPSA) is 48.0 Å². The van der Waals surface area contributed by atoms with Gasteiger partial charge in [0.2, 0.25) is 0 Å². The SMILES string of the molecule is C=CCc1ccccc1OCCOc1c(I)cc(C=C2SC(=S)N(c3ccccc3)C2=O)cc1OC. The maximum atomic E-state index is 13.1. The van der Waals surface area contributed by atoms with Gasteiger partial charge in [0.25, 0.3) is 5.91 Å². The van der Waals surface area contributed by atoms with Crippen molar-refractivity contribution in [1.82, 2.24) is 0 Å². The number of allylic oxidation sites excluding steroid dienone is 1. The number of rotatable bonds is 10. The number of thioether (sulfide) groups is 1. The molecular formula is C28H24INO4S2. The van der Waals surface area contributed by atoms with Crippen molar-refractivity contribution in [3.8, 4) is 17.2 Å². The van der Waals surface area contributed by atoms with Crippen molar-refractivity contribution in [2.24, 2.45) is 0 Å². The molecule has 1 saturated heterocycles. The lowest BCUT2D eigenvalue weighted by Crippen LogP contribution is -2.27. The van der Waals surface area contributed by atoms with Gasteiger partial charge < -0.3 is 14.2 Å². The summed E-state index contributed by atoms with van der Waals surface area (Å²) in [6, 6.07) is 21.1. The number of anilines is 1. The summed E-state index contributed by atoms with van der Waals surface area (Å²) < 4.78 is 18.9. The van der Waals surface area contributed by atoms with Crippen LogP contribution in [0.4, 0.5) is 5.69 Å². The number of hydrogen-bond acceptors (Lipinski definition) is 6. The highest BCUT2D eigenvalue weighted by atomic mass is 127. The van der Waals surface area contributed by atoms with Gasteiger partial charge in [-0.3, -0.25) is 9.69 Å². The fourth-order valence-electron chi connectivity index (χ4n) is 3.65. The third-order valence-corrected chi connectivity index (χ3v) is 7.39. The summed E-state index contributed by atoms with van der Waals surface area (Å²) in [4.78, 5) is 15.2. The molecule has 0 atom stereocenters. The highest BCUT2D eigenvalue weighted by Crippen LogP contribution is 2.38. The molecule has 1 aliphatic heterocycles. The summed E-state index contributed by atoms with van der Waals surface area (Å²) in [6.07, 6.45) is 4.43. The molecule has 184 valence electrons. The zero-order valence-electron chi connectivity index (χ0n) is 19.6. The van der Waals surface area contributed by atoms with Crippen molar-refractivity contribution >= 4 is 68.6 Å². The average Bonchev–Trinajstić information content (AvgIpc) is 3.16. The Morgan fingerprint density at radius 3 is 2.50 bits per heavy atom. The molecule has 0 unspecified atom stereocenters. The van der Waals surface area contributed by atoms with Crippen LogP contribution in [0.5, 0.6) is 17.2 Å². The Kier molecular flexibility index (Phi) is 9.06. The number of carbonyl (C=O) groups excluding carboxylic acids is 1. The quantitative estimate of drug-likeness (QED) is 0.0801. The average molecular weight is 630 g/mol. The van der Waals surface area contributed by atoms with Gasteiger partial charge in [0.05, 0.1) is 21.3 Å². The van der Waals surface area contributed by atoms with Crippen LogP contribution in [0.25, 0.3) is 6.08 Å². The lowest BCUT2D eigenvalue weighted by molar-refractivity contribution is -0.113.